The van der Waals surface area contributed by atoms with Gasteiger partial charge in [0.15, 0.2) is 0 Å². The summed E-state index contributed by atoms with van der Waals surface area (Å²) in [4.78, 5) is 20.0. The Kier molecular flexibility index (Phi) is 6.54. The summed E-state index contributed by atoms with van der Waals surface area (Å²) in [5, 5.41) is 4.54. The molecule has 1 aliphatic heterocycles. The molecule has 1 aliphatic carbocycles. The molecule has 2 aromatic heterocycles. The van der Waals surface area contributed by atoms with Crippen LogP contribution < -0.4 is 15.0 Å². The van der Waals surface area contributed by atoms with Crippen molar-refractivity contribution in [2.45, 2.75) is 42.9 Å². The van der Waals surface area contributed by atoms with Gasteiger partial charge in [0.25, 0.3) is 0 Å². The fourth-order valence-corrected chi connectivity index (χ4v) is 4.75. The van der Waals surface area contributed by atoms with Crippen LogP contribution in [0.2, 0.25) is 0 Å². The number of thioether (sulfide) groups is 1. The Labute approximate surface area is 192 Å². The van der Waals surface area contributed by atoms with Gasteiger partial charge in [-0.05, 0) is 38.0 Å². The van der Waals surface area contributed by atoms with E-state index in [0.717, 1.165) is 85.3 Å². The molecule has 0 amide bonds. The highest BCUT2D eigenvalue weighted by molar-refractivity contribution is 7.98. The number of anilines is 2. The average molecular weight is 453 g/mol. The first-order valence-electron chi connectivity index (χ1n) is 11.1. The van der Waals surface area contributed by atoms with Gasteiger partial charge in [0, 0.05) is 49.3 Å². The Bertz CT molecular complexity index is 1050. The third-order valence-electron chi connectivity index (χ3n) is 6.07. The zero-order chi connectivity index (χ0) is 21.8. The topological polar surface area (TPSA) is 85.3 Å². The zero-order valence-corrected chi connectivity index (χ0v) is 19.1. The Morgan fingerprint density at radius 2 is 1.81 bits per heavy atom. The van der Waals surface area contributed by atoms with Gasteiger partial charge in [-0.3, -0.25) is 4.98 Å². The molecule has 2 aliphatic rings. The summed E-state index contributed by atoms with van der Waals surface area (Å²) in [7, 11) is 0. The fourth-order valence-electron chi connectivity index (χ4n) is 4.37. The van der Waals surface area contributed by atoms with Crippen molar-refractivity contribution in [1.82, 2.24) is 19.9 Å². The van der Waals surface area contributed by atoms with Gasteiger partial charge in [0.2, 0.25) is 0 Å². The summed E-state index contributed by atoms with van der Waals surface area (Å²) in [6.45, 7) is 3.25. The second kappa shape index (κ2) is 9.87. The minimum Gasteiger partial charge on any atom is -0.488 e. The van der Waals surface area contributed by atoms with Crippen LogP contribution in [0.25, 0.3) is 11.0 Å². The smallest absolute Gasteiger partial charge is 0.149 e. The first-order valence-corrected chi connectivity index (χ1v) is 12.4. The molecule has 8 nitrogen and oxygen atoms in total. The van der Waals surface area contributed by atoms with Crippen LogP contribution in [0.1, 0.15) is 25.7 Å². The highest BCUT2D eigenvalue weighted by Gasteiger charge is 2.24. The molecule has 5 rings (SSSR count). The first kappa shape index (κ1) is 21.2. The van der Waals surface area contributed by atoms with Gasteiger partial charge in [-0.1, -0.05) is 0 Å². The predicted molar refractivity (Wildman–Crippen MR) is 127 cm³/mol. The molecular weight excluding hydrogens is 424 g/mol. The Hall–Kier alpha value is -2.65. The van der Waals surface area contributed by atoms with Crippen LogP contribution in [0.3, 0.4) is 0 Å². The normalized spacial score (nSPS) is 21.5. The maximum absolute atomic E-state index is 6.52. The number of aromatic nitrogens is 4. The lowest BCUT2D eigenvalue weighted by Gasteiger charge is -2.31. The van der Waals surface area contributed by atoms with Gasteiger partial charge in [-0.15, -0.1) is 11.8 Å². The number of benzene rings is 1. The number of nitrogens with zero attached hydrogens (tertiary/aromatic N) is 5. The maximum Gasteiger partial charge on any atom is 0.149 e. The first-order chi connectivity index (χ1) is 15.8. The largest absolute Gasteiger partial charge is 0.488 e. The third-order valence-corrected chi connectivity index (χ3v) is 6.71. The quantitative estimate of drug-likeness (QED) is 0.443. The van der Waals surface area contributed by atoms with E-state index in [1.807, 2.05) is 12.3 Å². The van der Waals surface area contributed by atoms with E-state index in [-0.39, 0.29) is 6.10 Å². The molecule has 168 valence electrons. The maximum atomic E-state index is 6.52. The number of hydrogen-bond donors (Lipinski definition) is 1. The van der Waals surface area contributed by atoms with Crippen molar-refractivity contribution in [2.75, 3.05) is 42.8 Å². The highest BCUT2D eigenvalue weighted by atomic mass is 32.2. The molecule has 0 radical (unpaired) electrons. The molecule has 2 fully saturated rings. The molecular formula is C23H28N6O2S. The molecule has 1 aromatic carbocycles. The molecule has 3 heterocycles. The number of morpholine rings is 1. The Morgan fingerprint density at radius 3 is 2.62 bits per heavy atom. The van der Waals surface area contributed by atoms with Crippen molar-refractivity contribution in [3.63, 3.8) is 0 Å². The minimum absolute atomic E-state index is 0.172. The molecule has 3 aromatic rings. The van der Waals surface area contributed by atoms with Crippen molar-refractivity contribution < 1.29 is 9.47 Å². The third kappa shape index (κ3) is 4.88. The molecule has 0 unspecified atom stereocenters. The molecule has 1 saturated heterocycles. The van der Waals surface area contributed by atoms with Gasteiger partial charge in [0.05, 0.1) is 24.8 Å². The van der Waals surface area contributed by atoms with Crippen LogP contribution in [-0.2, 0) is 4.74 Å². The van der Waals surface area contributed by atoms with Crippen LogP contribution in [-0.4, -0.2) is 64.6 Å². The van der Waals surface area contributed by atoms with Gasteiger partial charge in [0.1, 0.15) is 28.4 Å². The van der Waals surface area contributed by atoms with Crippen LogP contribution in [0.15, 0.2) is 41.9 Å². The average Bonchev–Trinajstić information content (AvgIpc) is 2.86. The zero-order valence-electron chi connectivity index (χ0n) is 18.2. The lowest BCUT2D eigenvalue weighted by atomic mass is 9.93. The summed E-state index contributed by atoms with van der Waals surface area (Å²) < 4.78 is 12.0. The second-order valence-corrected chi connectivity index (χ2v) is 8.98. The molecule has 1 saturated carbocycles. The SMILES string of the molecule is CSc1cc(N[C@H]2CC[C@@H](Oc3cc(N4CCOCC4)cc4nccnc34)CC2)ncn1. The van der Waals surface area contributed by atoms with E-state index in [2.05, 4.69) is 42.3 Å². The molecule has 9 heteroatoms. The lowest BCUT2D eigenvalue weighted by molar-refractivity contribution is 0.122. The molecule has 0 atom stereocenters. The number of hydrogen-bond acceptors (Lipinski definition) is 9. The highest BCUT2D eigenvalue weighted by Crippen LogP contribution is 2.33. The monoisotopic (exact) mass is 452 g/mol. The summed E-state index contributed by atoms with van der Waals surface area (Å²) in [5.74, 6) is 1.72. The summed E-state index contributed by atoms with van der Waals surface area (Å²) in [5.41, 5.74) is 2.82. The van der Waals surface area contributed by atoms with E-state index in [1.54, 1.807) is 30.5 Å². The minimum atomic E-state index is 0.172. The fraction of sp³-hybridized carbons (Fsp3) is 0.478. The second-order valence-electron chi connectivity index (χ2n) is 8.15. The van der Waals surface area contributed by atoms with Gasteiger partial charge in [-0.2, -0.15) is 0 Å². The van der Waals surface area contributed by atoms with Crippen molar-refractivity contribution in [3.8, 4) is 5.75 Å². The predicted octanol–water partition coefficient (Wildman–Crippen LogP) is 3.78. The van der Waals surface area contributed by atoms with Crippen molar-refractivity contribution >= 4 is 34.3 Å². The van der Waals surface area contributed by atoms with E-state index in [1.165, 1.54) is 0 Å². The number of ether oxygens (including phenoxy) is 2. The molecule has 0 bridgehead atoms. The van der Waals surface area contributed by atoms with Crippen molar-refractivity contribution in [3.05, 3.63) is 36.9 Å². The van der Waals surface area contributed by atoms with Crippen LogP contribution in [0.4, 0.5) is 11.5 Å². The van der Waals surface area contributed by atoms with Crippen LogP contribution in [0, 0.1) is 0 Å². The number of rotatable bonds is 6. The van der Waals surface area contributed by atoms with Gasteiger partial charge < -0.3 is 19.7 Å². The molecule has 1 N–H and O–H groups in total. The van der Waals surface area contributed by atoms with E-state index >= 15 is 0 Å². The number of fused-ring (bicyclic) bond motifs is 1. The van der Waals surface area contributed by atoms with Crippen LogP contribution >= 0.6 is 11.8 Å². The van der Waals surface area contributed by atoms with Crippen molar-refractivity contribution in [2.24, 2.45) is 0 Å². The molecule has 0 spiro atoms. The van der Waals surface area contributed by atoms with Crippen molar-refractivity contribution in [1.29, 1.82) is 0 Å². The summed E-state index contributed by atoms with van der Waals surface area (Å²) >= 11 is 1.63. The Morgan fingerprint density at radius 1 is 1.00 bits per heavy atom. The summed E-state index contributed by atoms with van der Waals surface area (Å²) in [6.07, 6.45) is 11.3. The van der Waals surface area contributed by atoms with Gasteiger partial charge in [-0.25, -0.2) is 15.0 Å². The number of nitrogens with one attached hydrogen (secondary N) is 1. The van der Waals surface area contributed by atoms with Crippen LogP contribution in [0.5, 0.6) is 5.75 Å². The molecule has 32 heavy (non-hydrogen) atoms. The standard InChI is InChI=1S/C23H28N6O2S/c1-32-22-14-21(26-15-27-22)28-16-2-4-18(5-3-16)31-20-13-17(29-8-10-30-11-9-29)12-19-23(20)25-7-6-24-19/h6-7,12-16,18H,2-5,8-11H2,1H3,(H,26,27,28)/t16-,18+. The van der Waals surface area contributed by atoms with E-state index in [9.17, 15) is 0 Å². The van der Waals surface area contributed by atoms with Gasteiger partial charge >= 0.3 is 0 Å². The van der Waals surface area contributed by atoms with E-state index in [0.29, 0.717) is 6.04 Å². The lowest BCUT2D eigenvalue weighted by Crippen LogP contribution is -2.36. The Balaban J connectivity index is 1.26. The summed E-state index contributed by atoms with van der Waals surface area (Å²) in [6, 6.07) is 6.63. The van der Waals surface area contributed by atoms with E-state index in [4.69, 9.17) is 9.47 Å². The van der Waals surface area contributed by atoms with E-state index < -0.39 is 0 Å².